The molecule has 0 bridgehead atoms. The van der Waals surface area contributed by atoms with E-state index in [1.54, 1.807) is 22.1 Å². The fourth-order valence-corrected chi connectivity index (χ4v) is 2.73. The maximum absolute atomic E-state index is 12.5. The first-order valence-corrected chi connectivity index (χ1v) is 7.34. The van der Waals surface area contributed by atoms with E-state index < -0.39 is 0 Å². The molecule has 2 aliphatic heterocycles. The Morgan fingerprint density at radius 3 is 2.48 bits per heavy atom. The van der Waals surface area contributed by atoms with Gasteiger partial charge < -0.3 is 14.7 Å². The number of piperazine rings is 1. The number of anilines is 1. The number of carbonyl (C=O) groups excluding carboxylic acids is 2. The van der Waals surface area contributed by atoms with Crippen molar-refractivity contribution in [3.8, 4) is 0 Å². The molecular formula is C14H19N5O2. The van der Waals surface area contributed by atoms with Crippen molar-refractivity contribution < 1.29 is 9.59 Å². The highest BCUT2D eigenvalue weighted by molar-refractivity contribution is 5.92. The molecule has 0 radical (unpaired) electrons. The van der Waals surface area contributed by atoms with E-state index in [-0.39, 0.29) is 5.91 Å². The van der Waals surface area contributed by atoms with Gasteiger partial charge in [0.05, 0.1) is 0 Å². The summed E-state index contributed by atoms with van der Waals surface area (Å²) in [6, 6.07) is 1.66. The van der Waals surface area contributed by atoms with Crippen molar-refractivity contribution in [3.63, 3.8) is 0 Å². The Morgan fingerprint density at radius 2 is 1.81 bits per heavy atom. The first kappa shape index (κ1) is 13.8. The summed E-state index contributed by atoms with van der Waals surface area (Å²) in [6.45, 7) is 4.19. The number of amides is 2. The van der Waals surface area contributed by atoms with Crippen LogP contribution in [0.4, 0.5) is 5.95 Å². The average Bonchev–Trinajstić information content (AvgIpc) is 3.09. The molecule has 0 saturated carbocycles. The summed E-state index contributed by atoms with van der Waals surface area (Å²) in [4.78, 5) is 37.4. The molecule has 0 aromatic carbocycles. The molecule has 0 atom stereocenters. The minimum absolute atomic E-state index is 0.0802. The lowest BCUT2D eigenvalue weighted by molar-refractivity contribution is -0.119. The minimum Gasteiger partial charge on any atom is -0.342 e. The number of aromatic nitrogens is 2. The summed E-state index contributed by atoms with van der Waals surface area (Å²) in [5.41, 5.74) is 0.437. The molecule has 2 fully saturated rings. The van der Waals surface area contributed by atoms with Crippen LogP contribution < -0.4 is 4.90 Å². The van der Waals surface area contributed by atoms with Crippen molar-refractivity contribution in [3.05, 3.63) is 18.0 Å². The van der Waals surface area contributed by atoms with Crippen LogP contribution in [-0.2, 0) is 4.79 Å². The van der Waals surface area contributed by atoms with Crippen LogP contribution in [0.5, 0.6) is 0 Å². The van der Waals surface area contributed by atoms with Crippen LogP contribution in [0.25, 0.3) is 0 Å². The van der Waals surface area contributed by atoms with Gasteiger partial charge in [-0.15, -0.1) is 0 Å². The molecule has 7 nitrogen and oxygen atoms in total. The van der Waals surface area contributed by atoms with Gasteiger partial charge in [-0.3, -0.25) is 9.59 Å². The molecule has 21 heavy (non-hydrogen) atoms. The lowest BCUT2D eigenvalue weighted by atomic mass is 10.3. The lowest BCUT2D eigenvalue weighted by Crippen LogP contribution is -2.48. The van der Waals surface area contributed by atoms with E-state index in [0.717, 1.165) is 32.3 Å². The van der Waals surface area contributed by atoms with Gasteiger partial charge in [-0.2, -0.15) is 0 Å². The van der Waals surface area contributed by atoms with Crippen LogP contribution in [0.2, 0.25) is 0 Å². The Labute approximate surface area is 123 Å². The highest BCUT2D eigenvalue weighted by Gasteiger charge is 2.23. The van der Waals surface area contributed by atoms with Gasteiger partial charge >= 0.3 is 0 Å². The number of nitrogens with zero attached hydrogens (tertiary/aromatic N) is 5. The number of carbonyl (C=O) groups is 2. The molecule has 0 spiro atoms. The zero-order valence-electron chi connectivity index (χ0n) is 11.9. The summed E-state index contributed by atoms with van der Waals surface area (Å²) in [5, 5.41) is 0. The second-order valence-corrected chi connectivity index (χ2v) is 5.37. The fraction of sp³-hybridized carbons (Fsp3) is 0.571. The topological polar surface area (TPSA) is 69.6 Å². The van der Waals surface area contributed by atoms with Crippen molar-refractivity contribution in [1.82, 2.24) is 19.8 Å². The van der Waals surface area contributed by atoms with E-state index in [1.165, 1.54) is 0 Å². The predicted molar refractivity (Wildman–Crippen MR) is 77.0 cm³/mol. The van der Waals surface area contributed by atoms with Crippen molar-refractivity contribution in [1.29, 1.82) is 0 Å². The van der Waals surface area contributed by atoms with E-state index in [9.17, 15) is 9.59 Å². The summed E-state index contributed by atoms with van der Waals surface area (Å²) >= 11 is 0. The largest absolute Gasteiger partial charge is 0.342 e. The second-order valence-electron chi connectivity index (χ2n) is 5.37. The third kappa shape index (κ3) is 2.96. The zero-order chi connectivity index (χ0) is 14.7. The highest BCUT2D eigenvalue weighted by Crippen LogP contribution is 2.16. The van der Waals surface area contributed by atoms with Crippen LogP contribution in [0.3, 0.4) is 0 Å². The molecule has 1 aromatic heterocycles. The van der Waals surface area contributed by atoms with Crippen LogP contribution in [0.1, 0.15) is 23.3 Å². The second kappa shape index (κ2) is 6.07. The quantitative estimate of drug-likeness (QED) is 0.732. The standard InChI is InChI=1S/C14H19N5O2/c20-11-17-7-9-18(10-8-17)13(21)12-3-4-15-14(16-12)19-5-1-2-6-19/h3-4,11H,1-2,5-10H2. The summed E-state index contributed by atoms with van der Waals surface area (Å²) in [7, 11) is 0. The van der Waals surface area contributed by atoms with E-state index in [0.29, 0.717) is 37.8 Å². The Bertz CT molecular complexity index is 522. The average molecular weight is 289 g/mol. The monoisotopic (exact) mass is 289 g/mol. The molecule has 2 amide bonds. The van der Waals surface area contributed by atoms with Gasteiger partial charge in [0.2, 0.25) is 12.4 Å². The first-order chi connectivity index (χ1) is 10.3. The zero-order valence-corrected chi connectivity index (χ0v) is 11.9. The minimum atomic E-state index is -0.0802. The molecule has 0 aliphatic carbocycles. The van der Waals surface area contributed by atoms with Crippen molar-refractivity contribution in [2.75, 3.05) is 44.2 Å². The molecule has 3 rings (SSSR count). The number of hydrogen-bond acceptors (Lipinski definition) is 5. The molecule has 3 heterocycles. The van der Waals surface area contributed by atoms with E-state index in [2.05, 4.69) is 14.9 Å². The van der Waals surface area contributed by atoms with Gasteiger partial charge in [0.25, 0.3) is 5.91 Å². The van der Waals surface area contributed by atoms with Gasteiger partial charge in [-0.05, 0) is 18.9 Å². The van der Waals surface area contributed by atoms with Crippen molar-refractivity contribution >= 4 is 18.3 Å². The summed E-state index contributed by atoms with van der Waals surface area (Å²) in [6.07, 6.45) is 4.78. The Morgan fingerprint density at radius 1 is 1.10 bits per heavy atom. The molecule has 0 N–H and O–H groups in total. The molecule has 112 valence electrons. The Hall–Kier alpha value is -2.18. The smallest absolute Gasteiger partial charge is 0.272 e. The van der Waals surface area contributed by atoms with Gasteiger partial charge in [0.1, 0.15) is 5.69 Å². The number of hydrogen-bond donors (Lipinski definition) is 0. The molecule has 0 unspecified atom stereocenters. The van der Waals surface area contributed by atoms with Crippen LogP contribution in [0.15, 0.2) is 12.3 Å². The van der Waals surface area contributed by atoms with E-state index in [1.807, 2.05) is 0 Å². The summed E-state index contributed by atoms with van der Waals surface area (Å²) in [5.74, 6) is 0.563. The van der Waals surface area contributed by atoms with Crippen molar-refractivity contribution in [2.45, 2.75) is 12.8 Å². The number of rotatable bonds is 3. The summed E-state index contributed by atoms with van der Waals surface area (Å²) < 4.78 is 0. The molecular weight excluding hydrogens is 270 g/mol. The Kier molecular flexibility index (Phi) is 3.98. The van der Waals surface area contributed by atoms with Gasteiger partial charge in [-0.25, -0.2) is 9.97 Å². The SMILES string of the molecule is O=CN1CCN(C(=O)c2ccnc(N3CCCC3)n2)CC1. The normalized spacial score (nSPS) is 19.0. The third-order valence-corrected chi connectivity index (χ3v) is 4.00. The van der Waals surface area contributed by atoms with Crippen LogP contribution >= 0.6 is 0 Å². The highest BCUT2D eigenvalue weighted by atomic mass is 16.2. The molecule has 2 saturated heterocycles. The van der Waals surface area contributed by atoms with Crippen LogP contribution in [-0.4, -0.2) is 71.4 Å². The fourth-order valence-electron chi connectivity index (χ4n) is 2.73. The molecule has 2 aliphatic rings. The lowest BCUT2D eigenvalue weighted by Gasteiger charge is -2.32. The third-order valence-electron chi connectivity index (χ3n) is 4.00. The van der Waals surface area contributed by atoms with Gasteiger partial charge in [0.15, 0.2) is 0 Å². The molecule has 7 heteroatoms. The first-order valence-electron chi connectivity index (χ1n) is 7.34. The van der Waals surface area contributed by atoms with Crippen LogP contribution in [0, 0.1) is 0 Å². The predicted octanol–water partition coefficient (Wildman–Crippen LogP) is -0.00900. The maximum Gasteiger partial charge on any atom is 0.272 e. The maximum atomic E-state index is 12.5. The Balaban J connectivity index is 1.69. The van der Waals surface area contributed by atoms with E-state index in [4.69, 9.17) is 0 Å². The van der Waals surface area contributed by atoms with Crippen molar-refractivity contribution in [2.24, 2.45) is 0 Å². The molecule has 1 aromatic rings. The van der Waals surface area contributed by atoms with E-state index >= 15 is 0 Å². The van der Waals surface area contributed by atoms with Gasteiger partial charge in [-0.1, -0.05) is 0 Å². The van der Waals surface area contributed by atoms with Gasteiger partial charge in [0, 0.05) is 45.5 Å².